The van der Waals surface area contributed by atoms with Gasteiger partial charge in [-0.3, -0.25) is 4.98 Å². The molecule has 104 valence electrons. The molecule has 0 atom stereocenters. The molecule has 3 heteroatoms. The van der Waals surface area contributed by atoms with Crippen molar-refractivity contribution in [1.82, 2.24) is 10.3 Å². The van der Waals surface area contributed by atoms with E-state index >= 15 is 0 Å². The summed E-state index contributed by atoms with van der Waals surface area (Å²) in [5, 5.41) is 3.27. The third kappa shape index (κ3) is 2.99. The van der Waals surface area contributed by atoms with Gasteiger partial charge in [0.05, 0.1) is 5.69 Å². The number of rotatable bonds is 5. The van der Waals surface area contributed by atoms with Gasteiger partial charge >= 0.3 is 0 Å². The van der Waals surface area contributed by atoms with Crippen LogP contribution in [0.15, 0.2) is 36.5 Å². The van der Waals surface area contributed by atoms with Crippen molar-refractivity contribution in [3.05, 3.63) is 53.3 Å². The third-order valence-electron chi connectivity index (χ3n) is 3.65. The Balaban J connectivity index is 1.74. The van der Waals surface area contributed by atoms with Gasteiger partial charge in [0.15, 0.2) is 0 Å². The molecule has 1 heterocycles. The quantitative estimate of drug-likeness (QED) is 0.901. The number of nitrogens with zero attached hydrogens (tertiary/aromatic N) is 1. The van der Waals surface area contributed by atoms with Crippen molar-refractivity contribution in [3.8, 4) is 11.5 Å². The van der Waals surface area contributed by atoms with Gasteiger partial charge in [-0.15, -0.1) is 0 Å². The van der Waals surface area contributed by atoms with Gasteiger partial charge in [-0.1, -0.05) is 13.0 Å². The highest BCUT2D eigenvalue weighted by Gasteiger charge is 2.11. The van der Waals surface area contributed by atoms with Crippen LogP contribution in [0, 0.1) is 0 Å². The second-order valence-corrected chi connectivity index (χ2v) is 5.15. The van der Waals surface area contributed by atoms with Crippen molar-refractivity contribution >= 4 is 0 Å². The van der Waals surface area contributed by atoms with Crippen molar-refractivity contribution in [1.29, 1.82) is 0 Å². The molecule has 0 bridgehead atoms. The van der Waals surface area contributed by atoms with E-state index in [1.54, 1.807) is 6.20 Å². The second-order valence-electron chi connectivity index (χ2n) is 5.15. The Bertz CT molecular complexity index is 595. The molecule has 20 heavy (non-hydrogen) atoms. The highest BCUT2D eigenvalue weighted by molar-refractivity contribution is 5.40. The van der Waals surface area contributed by atoms with E-state index in [1.807, 2.05) is 12.1 Å². The summed E-state index contributed by atoms with van der Waals surface area (Å²) in [5.41, 5.74) is 3.91. The first-order chi connectivity index (χ1) is 9.85. The average Bonchev–Trinajstić information content (AvgIpc) is 2.93. The molecule has 1 N–H and O–H groups in total. The summed E-state index contributed by atoms with van der Waals surface area (Å²) in [5.74, 6) is 1.78. The number of hydrogen-bond donors (Lipinski definition) is 1. The van der Waals surface area contributed by atoms with Gasteiger partial charge in [0.2, 0.25) is 0 Å². The highest BCUT2D eigenvalue weighted by atomic mass is 16.5. The largest absolute Gasteiger partial charge is 0.457 e. The van der Waals surface area contributed by atoms with Gasteiger partial charge in [0.1, 0.15) is 11.5 Å². The summed E-state index contributed by atoms with van der Waals surface area (Å²) in [6.07, 6.45) is 5.45. The zero-order chi connectivity index (χ0) is 13.8. The van der Waals surface area contributed by atoms with E-state index < -0.39 is 0 Å². The molecule has 0 saturated carbocycles. The van der Waals surface area contributed by atoms with E-state index in [-0.39, 0.29) is 0 Å². The van der Waals surface area contributed by atoms with E-state index in [1.165, 1.54) is 30.4 Å². The predicted molar refractivity (Wildman–Crippen MR) is 80.2 cm³/mol. The SMILES string of the molecule is CCNCc1cc(Oc2ccc3c(c2)CCC3)ccn1. The zero-order valence-corrected chi connectivity index (χ0v) is 11.9. The maximum Gasteiger partial charge on any atom is 0.130 e. The number of aryl methyl sites for hydroxylation is 2. The smallest absolute Gasteiger partial charge is 0.130 e. The molecule has 1 aliphatic carbocycles. The Morgan fingerprint density at radius 3 is 2.85 bits per heavy atom. The zero-order valence-electron chi connectivity index (χ0n) is 11.9. The van der Waals surface area contributed by atoms with E-state index in [9.17, 15) is 0 Å². The summed E-state index contributed by atoms with van der Waals surface area (Å²) < 4.78 is 5.96. The topological polar surface area (TPSA) is 34.1 Å². The lowest BCUT2D eigenvalue weighted by atomic mass is 10.1. The van der Waals surface area contributed by atoms with Crippen LogP contribution in [0.4, 0.5) is 0 Å². The predicted octanol–water partition coefficient (Wildman–Crippen LogP) is 3.47. The van der Waals surface area contributed by atoms with E-state index in [4.69, 9.17) is 4.74 Å². The van der Waals surface area contributed by atoms with Gasteiger partial charge in [-0.05, 0) is 55.1 Å². The first-order valence-corrected chi connectivity index (χ1v) is 7.30. The minimum atomic E-state index is 0.776. The molecule has 3 nitrogen and oxygen atoms in total. The molecule has 1 aromatic heterocycles. The number of ether oxygens (including phenoxy) is 1. The summed E-state index contributed by atoms with van der Waals surface area (Å²) in [4.78, 5) is 4.33. The van der Waals surface area contributed by atoms with E-state index in [0.717, 1.165) is 30.3 Å². The van der Waals surface area contributed by atoms with Crippen molar-refractivity contribution in [2.75, 3.05) is 6.54 Å². The number of fused-ring (bicyclic) bond motifs is 1. The van der Waals surface area contributed by atoms with Crippen molar-refractivity contribution in [2.24, 2.45) is 0 Å². The molecule has 3 rings (SSSR count). The molecule has 0 spiro atoms. The molecule has 0 fully saturated rings. The number of benzene rings is 1. The van der Waals surface area contributed by atoms with E-state index in [2.05, 4.69) is 35.4 Å². The number of aromatic nitrogens is 1. The van der Waals surface area contributed by atoms with Gasteiger partial charge in [0.25, 0.3) is 0 Å². The highest BCUT2D eigenvalue weighted by Crippen LogP contribution is 2.28. The Hall–Kier alpha value is -1.87. The van der Waals surface area contributed by atoms with Gasteiger partial charge < -0.3 is 10.1 Å². The molecule has 2 aromatic rings. The second kappa shape index (κ2) is 6.06. The van der Waals surface area contributed by atoms with Crippen molar-refractivity contribution in [3.63, 3.8) is 0 Å². The summed E-state index contributed by atoms with van der Waals surface area (Å²) in [7, 11) is 0. The van der Waals surface area contributed by atoms with E-state index in [0.29, 0.717) is 0 Å². The third-order valence-corrected chi connectivity index (χ3v) is 3.65. The fraction of sp³-hybridized carbons (Fsp3) is 0.353. The number of pyridine rings is 1. The van der Waals surface area contributed by atoms with Crippen LogP contribution in [-0.4, -0.2) is 11.5 Å². The molecule has 0 radical (unpaired) electrons. The van der Waals surface area contributed by atoms with Crippen LogP contribution < -0.4 is 10.1 Å². The lowest BCUT2D eigenvalue weighted by molar-refractivity contribution is 0.480. The molecular formula is C17H20N2O. The van der Waals surface area contributed by atoms with Crippen LogP contribution in [0.25, 0.3) is 0 Å². The molecule has 0 unspecified atom stereocenters. The van der Waals surface area contributed by atoms with Crippen LogP contribution in [0.1, 0.15) is 30.2 Å². The Labute approximate surface area is 120 Å². The van der Waals surface area contributed by atoms with Gasteiger partial charge in [0, 0.05) is 18.8 Å². The van der Waals surface area contributed by atoms with Crippen LogP contribution in [0.5, 0.6) is 11.5 Å². The maximum absolute atomic E-state index is 5.96. The van der Waals surface area contributed by atoms with Crippen LogP contribution >= 0.6 is 0 Å². The standard InChI is InChI=1S/C17H20N2O/c1-2-18-12-15-11-17(8-9-19-15)20-16-7-6-13-4-3-5-14(13)10-16/h6-11,18H,2-5,12H2,1H3. The van der Waals surface area contributed by atoms with Crippen molar-refractivity contribution < 1.29 is 4.74 Å². The summed E-state index contributed by atoms with van der Waals surface area (Å²) in [6.45, 7) is 3.81. The molecule has 1 aliphatic rings. The Morgan fingerprint density at radius 2 is 1.95 bits per heavy atom. The molecule has 0 saturated heterocycles. The van der Waals surface area contributed by atoms with Crippen LogP contribution in [0.2, 0.25) is 0 Å². The number of nitrogens with one attached hydrogen (secondary N) is 1. The maximum atomic E-state index is 5.96. The fourth-order valence-corrected chi connectivity index (χ4v) is 2.62. The summed E-state index contributed by atoms with van der Waals surface area (Å²) >= 11 is 0. The lowest BCUT2D eigenvalue weighted by Gasteiger charge is -2.09. The molecule has 0 aliphatic heterocycles. The van der Waals surface area contributed by atoms with Gasteiger partial charge in [-0.2, -0.15) is 0 Å². The molecule has 1 aromatic carbocycles. The molecular weight excluding hydrogens is 248 g/mol. The number of hydrogen-bond acceptors (Lipinski definition) is 3. The minimum absolute atomic E-state index is 0.776. The average molecular weight is 268 g/mol. The first kappa shape index (κ1) is 13.1. The van der Waals surface area contributed by atoms with Crippen molar-refractivity contribution in [2.45, 2.75) is 32.7 Å². The normalized spacial score (nSPS) is 13.2. The van der Waals surface area contributed by atoms with Crippen LogP contribution in [0.3, 0.4) is 0 Å². The Morgan fingerprint density at radius 1 is 1.10 bits per heavy atom. The molecule has 0 amide bonds. The van der Waals surface area contributed by atoms with Gasteiger partial charge in [-0.25, -0.2) is 0 Å². The first-order valence-electron chi connectivity index (χ1n) is 7.30. The minimum Gasteiger partial charge on any atom is -0.457 e. The fourth-order valence-electron chi connectivity index (χ4n) is 2.62. The lowest BCUT2D eigenvalue weighted by Crippen LogP contribution is -2.12. The summed E-state index contributed by atoms with van der Waals surface area (Å²) in [6, 6.07) is 10.3. The monoisotopic (exact) mass is 268 g/mol. The Kier molecular flexibility index (Phi) is 3.97. The van der Waals surface area contributed by atoms with Crippen LogP contribution in [-0.2, 0) is 19.4 Å².